The van der Waals surface area contributed by atoms with Crippen LogP contribution in [0.25, 0.3) is 11.0 Å². The summed E-state index contributed by atoms with van der Waals surface area (Å²) in [5.74, 6) is -0.0655. The summed E-state index contributed by atoms with van der Waals surface area (Å²) >= 11 is 0. The van der Waals surface area contributed by atoms with Crippen LogP contribution in [-0.2, 0) is 4.74 Å². The summed E-state index contributed by atoms with van der Waals surface area (Å²) in [4.78, 5) is 25.4. The maximum absolute atomic E-state index is 12.8. The molecule has 0 radical (unpaired) electrons. The first-order chi connectivity index (χ1) is 14.5. The molecule has 1 unspecified atom stereocenters. The van der Waals surface area contributed by atoms with Crippen molar-refractivity contribution in [3.63, 3.8) is 0 Å². The van der Waals surface area contributed by atoms with E-state index in [0.717, 1.165) is 5.56 Å². The largest absolute Gasteiger partial charge is 0.468 e. The quantitative estimate of drug-likeness (QED) is 0.479. The Morgan fingerprint density at radius 1 is 1.13 bits per heavy atom. The average Bonchev–Trinajstić information content (AvgIpc) is 2.74. The van der Waals surface area contributed by atoms with E-state index in [0.29, 0.717) is 16.5 Å². The summed E-state index contributed by atoms with van der Waals surface area (Å²) in [5.41, 5.74) is 1.80. The second-order valence-electron chi connectivity index (χ2n) is 6.90. The van der Waals surface area contributed by atoms with Crippen LogP contribution in [0.15, 0.2) is 74.0 Å². The van der Waals surface area contributed by atoms with E-state index in [1.54, 1.807) is 30.3 Å². The molecule has 1 aromatic heterocycles. The highest BCUT2D eigenvalue weighted by Gasteiger charge is 2.30. The van der Waals surface area contributed by atoms with Gasteiger partial charge in [0.25, 0.3) is 0 Å². The van der Waals surface area contributed by atoms with Crippen molar-refractivity contribution in [1.82, 2.24) is 0 Å². The molecule has 7 nitrogen and oxygen atoms in total. The zero-order valence-corrected chi connectivity index (χ0v) is 16.2. The number of fused-ring (bicyclic) bond motifs is 1. The van der Waals surface area contributed by atoms with Gasteiger partial charge in [0, 0.05) is 10.9 Å². The van der Waals surface area contributed by atoms with Crippen LogP contribution < -0.4 is 5.63 Å². The number of nitriles is 1. The number of rotatable bonds is 5. The highest BCUT2D eigenvalue weighted by Crippen LogP contribution is 2.20. The first kappa shape index (κ1) is 19.3. The first-order valence-electron chi connectivity index (χ1n) is 9.36. The number of carbonyl (C=O) groups excluding carboxylic acids is 1. The Bertz CT molecular complexity index is 1280. The van der Waals surface area contributed by atoms with Crippen molar-refractivity contribution < 1.29 is 13.9 Å². The number of carbonyl (C=O) groups is 1. The molecule has 0 fully saturated rings. The van der Waals surface area contributed by atoms with Gasteiger partial charge in [-0.2, -0.15) is 5.26 Å². The lowest BCUT2D eigenvalue weighted by molar-refractivity contribution is 0.0936. The van der Waals surface area contributed by atoms with Crippen LogP contribution in [0.2, 0.25) is 0 Å². The second kappa shape index (κ2) is 8.13. The highest BCUT2D eigenvalue weighted by molar-refractivity contribution is 6.10. The zero-order valence-electron chi connectivity index (χ0n) is 16.2. The normalized spacial score (nSPS) is 15.7. The topological polar surface area (TPSA) is 105 Å². The van der Waals surface area contributed by atoms with Gasteiger partial charge in [-0.05, 0) is 19.1 Å². The second-order valence-corrected chi connectivity index (χ2v) is 6.90. The smallest absolute Gasteiger partial charge is 0.345 e. The van der Waals surface area contributed by atoms with E-state index in [4.69, 9.17) is 14.4 Å². The third-order valence-corrected chi connectivity index (χ3v) is 4.74. The van der Waals surface area contributed by atoms with Gasteiger partial charge in [-0.15, -0.1) is 10.2 Å². The SMILES string of the molecule is Cc1ccc(C(=O)CC2OC(CC#N)=NN=C2c2cc3ccccc3oc2=O)cc1. The Kier molecular flexibility index (Phi) is 5.22. The van der Waals surface area contributed by atoms with E-state index < -0.39 is 11.7 Å². The van der Waals surface area contributed by atoms with Crippen LogP contribution in [0, 0.1) is 18.3 Å². The Hall–Kier alpha value is -4.05. The van der Waals surface area contributed by atoms with E-state index in [-0.39, 0.29) is 35.8 Å². The minimum absolute atomic E-state index is 0.0569. The molecular weight excluding hydrogens is 382 g/mol. The molecule has 0 bridgehead atoms. The number of benzene rings is 2. The van der Waals surface area contributed by atoms with Gasteiger partial charge in [0.2, 0.25) is 5.90 Å². The Morgan fingerprint density at radius 2 is 1.90 bits per heavy atom. The molecule has 1 atom stereocenters. The van der Waals surface area contributed by atoms with Gasteiger partial charge >= 0.3 is 5.63 Å². The van der Waals surface area contributed by atoms with Crippen molar-refractivity contribution in [2.24, 2.45) is 10.2 Å². The molecular formula is C23H17N3O4. The van der Waals surface area contributed by atoms with Gasteiger partial charge in [0.1, 0.15) is 17.7 Å². The number of nitrogens with zero attached hydrogens (tertiary/aromatic N) is 3. The summed E-state index contributed by atoms with van der Waals surface area (Å²) in [6, 6.07) is 17.9. The van der Waals surface area contributed by atoms with Gasteiger partial charge in [0.05, 0.1) is 18.1 Å². The molecule has 0 saturated heterocycles. The molecule has 0 saturated carbocycles. The van der Waals surface area contributed by atoms with Crippen LogP contribution in [0.5, 0.6) is 0 Å². The molecule has 0 aliphatic carbocycles. The maximum Gasteiger partial charge on any atom is 0.345 e. The molecule has 2 heterocycles. The van der Waals surface area contributed by atoms with Crippen LogP contribution in [0.4, 0.5) is 0 Å². The molecule has 0 spiro atoms. The highest BCUT2D eigenvalue weighted by atomic mass is 16.5. The van der Waals surface area contributed by atoms with Crippen molar-refractivity contribution in [1.29, 1.82) is 5.26 Å². The van der Waals surface area contributed by atoms with Gasteiger partial charge in [-0.1, -0.05) is 48.0 Å². The zero-order chi connectivity index (χ0) is 21.1. The molecule has 30 heavy (non-hydrogen) atoms. The molecule has 0 N–H and O–H groups in total. The van der Waals surface area contributed by atoms with Crippen LogP contribution in [-0.4, -0.2) is 23.5 Å². The Morgan fingerprint density at radius 3 is 2.67 bits per heavy atom. The average molecular weight is 399 g/mol. The Labute approximate surface area is 171 Å². The number of ether oxygens (including phenoxy) is 1. The predicted molar refractivity (Wildman–Crippen MR) is 112 cm³/mol. The van der Waals surface area contributed by atoms with Crippen molar-refractivity contribution in [3.8, 4) is 6.07 Å². The summed E-state index contributed by atoms with van der Waals surface area (Å²) in [7, 11) is 0. The molecule has 1 aliphatic rings. The van der Waals surface area contributed by atoms with Gasteiger partial charge in [-0.25, -0.2) is 4.79 Å². The molecule has 0 amide bonds. The van der Waals surface area contributed by atoms with E-state index in [1.807, 2.05) is 37.3 Å². The molecule has 1 aliphatic heterocycles. The van der Waals surface area contributed by atoms with E-state index in [9.17, 15) is 9.59 Å². The van der Waals surface area contributed by atoms with E-state index in [1.165, 1.54) is 0 Å². The minimum atomic E-state index is -0.858. The maximum atomic E-state index is 12.8. The lowest BCUT2D eigenvalue weighted by atomic mass is 9.97. The number of Topliss-reactive ketones (excluding diaryl/α,β-unsaturated/α-hetero) is 1. The van der Waals surface area contributed by atoms with Gasteiger partial charge in [-0.3, -0.25) is 4.79 Å². The van der Waals surface area contributed by atoms with Crippen molar-refractivity contribution >= 4 is 28.4 Å². The summed E-state index contributed by atoms with van der Waals surface area (Å²) in [6.07, 6.45) is -1.000. The third-order valence-electron chi connectivity index (χ3n) is 4.74. The number of ketones is 1. The number of hydrogen-bond acceptors (Lipinski definition) is 7. The number of hydrogen-bond donors (Lipinski definition) is 0. The number of aryl methyl sites for hydroxylation is 1. The minimum Gasteiger partial charge on any atom is -0.468 e. The van der Waals surface area contributed by atoms with E-state index >= 15 is 0 Å². The fourth-order valence-corrected chi connectivity index (χ4v) is 3.19. The summed E-state index contributed by atoms with van der Waals surface area (Å²) in [5, 5.41) is 17.7. The van der Waals surface area contributed by atoms with Gasteiger partial charge in [0.15, 0.2) is 11.9 Å². The van der Waals surface area contributed by atoms with Crippen molar-refractivity contribution in [3.05, 3.63) is 81.7 Å². The summed E-state index contributed by atoms with van der Waals surface area (Å²) < 4.78 is 11.2. The van der Waals surface area contributed by atoms with Crippen LogP contribution >= 0.6 is 0 Å². The molecule has 148 valence electrons. The standard InChI is InChI=1S/C23H17N3O4/c1-14-6-8-15(9-7-14)18(27)13-20-22(26-25-21(29-20)10-11-24)17-12-16-4-2-3-5-19(16)30-23(17)28/h2-9,12,20H,10,13H2,1H3. The van der Waals surface area contributed by atoms with Crippen molar-refractivity contribution in [2.75, 3.05) is 0 Å². The fraction of sp³-hybridized carbons (Fsp3) is 0.174. The monoisotopic (exact) mass is 399 g/mol. The van der Waals surface area contributed by atoms with Crippen LogP contribution in [0.3, 0.4) is 0 Å². The molecule has 7 heteroatoms. The predicted octanol–water partition coefficient (Wildman–Crippen LogP) is 3.79. The van der Waals surface area contributed by atoms with Crippen molar-refractivity contribution in [2.45, 2.75) is 25.9 Å². The Balaban J connectivity index is 1.72. The first-order valence-corrected chi connectivity index (χ1v) is 9.36. The fourth-order valence-electron chi connectivity index (χ4n) is 3.19. The van der Waals surface area contributed by atoms with Gasteiger partial charge < -0.3 is 9.15 Å². The van der Waals surface area contributed by atoms with Crippen LogP contribution in [0.1, 0.15) is 34.3 Å². The summed E-state index contributed by atoms with van der Waals surface area (Å²) in [6.45, 7) is 1.94. The lowest BCUT2D eigenvalue weighted by Gasteiger charge is -2.22. The molecule has 3 aromatic rings. The lowest BCUT2D eigenvalue weighted by Crippen LogP contribution is -2.35. The third kappa shape index (κ3) is 3.89. The molecule has 2 aromatic carbocycles. The molecule has 4 rings (SSSR count). The van der Waals surface area contributed by atoms with E-state index in [2.05, 4.69) is 10.2 Å². The number of para-hydroxylation sites is 1.